The number of hydrogen-bond acceptors (Lipinski definition) is 4. The second kappa shape index (κ2) is 8.90. The van der Waals surface area contributed by atoms with E-state index in [0.29, 0.717) is 19.1 Å². The molecule has 2 rings (SSSR count). The van der Waals surface area contributed by atoms with Crippen molar-refractivity contribution in [2.24, 2.45) is 5.92 Å². The fraction of sp³-hybridized carbons (Fsp3) is 0.923. The molecule has 3 N–H and O–H groups in total. The van der Waals surface area contributed by atoms with E-state index in [0.717, 1.165) is 25.8 Å². The quantitative estimate of drug-likeness (QED) is 0.691. The number of halogens is 4. The molecule has 1 aliphatic carbocycles. The molecule has 2 fully saturated rings. The smallest absolute Gasteiger partial charge is 0.379 e. The molecule has 0 aromatic rings. The van der Waals surface area contributed by atoms with E-state index < -0.39 is 18.6 Å². The summed E-state index contributed by atoms with van der Waals surface area (Å²) in [4.78, 5) is 11.4. The molecule has 0 spiro atoms. The third-order valence-corrected chi connectivity index (χ3v) is 4.05. The molecule has 1 saturated heterocycles. The summed E-state index contributed by atoms with van der Waals surface area (Å²) in [6.07, 6.45) is -1.32. The maximum Gasteiger partial charge on any atom is 0.405 e. The average Bonchev–Trinajstić information content (AvgIpc) is 2.91. The molecule has 3 atom stereocenters. The van der Waals surface area contributed by atoms with Crippen molar-refractivity contribution in [2.45, 2.75) is 37.5 Å². The molecule has 0 aromatic heterocycles. The fourth-order valence-electron chi connectivity index (χ4n) is 3.07. The second-order valence-corrected chi connectivity index (χ2v) is 5.61. The van der Waals surface area contributed by atoms with Crippen LogP contribution in [0.15, 0.2) is 0 Å². The van der Waals surface area contributed by atoms with Crippen LogP contribution in [-0.4, -0.2) is 57.0 Å². The average molecular weight is 346 g/mol. The Labute approximate surface area is 134 Å². The van der Waals surface area contributed by atoms with Crippen molar-refractivity contribution < 1.29 is 22.7 Å². The third kappa shape index (κ3) is 6.28. The molecule has 5 nitrogen and oxygen atoms in total. The molecule has 22 heavy (non-hydrogen) atoms. The maximum atomic E-state index is 12.0. The van der Waals surface area contributed by atoms with Gasteiger partial charge in [0.25, 0.3) is 0 Å². The number of ether oxygens (including phenoxy) is 1. The summed E-state index contributed by atoms with van der Waals surface area (Å²) in [5, 5.41) is 8.37. The van der Waals surface area contributed by atoms with Crippen molar-refractivity contribution in [3.05, 3.63) is 0 Å². The number of morpholine rings is 1. The highest BCUT2D eigenvalue weighted by molar-refractivity contribution is 5.85. The van der Waals surface area contributed by atoms with Crippen molar-refractivity contribution in [1.82, 2.24) is 16.0 Å². The summed E-state index contributed by atoms with van der Waals surface area (Å²) in [6, 6.07) is 0.415. The standard InChI is InChI=1S/C13H22F3N3O2.ClH/c14-13(15,16)8-19-12(20)6-18-10-3-1-2-9(10)11-7-21-5-4-17-11;/h9-11,17-18H,1-8H2,(H,19,20);1H. The lowest BCUT2D eigenvalue weighted by molar-refractivity contribution is -0.138. The SMILES string of the molecule is Cl.O=C(CNC1CCCC1C1COCCN1)NCC(F)(F)F. The van der Waals surface area contributed by atoms with Crippen molar-refractivity contribution in [1.29, 1.82) is 0 Å². The van der Waals surface area contributed by atoms with Crippen LogP contribution in [-0.2, 0) is 9.53 Å². The first kappa shape index (κ1) is 19.5. The number of carbonyl (C=O) groups is 1. The van der Waals surface area contributed by atoms with Crippen LogP contribution in [0.1, 0.15) is 19.3 Å². The number of rotatable bonds is 5. The summed E-state index contributed by atoms with van der Waals surface area (Å²) in [5.74, 6) is -0.258. The summed E-state index contributed by atoms with van der Waals surface area (Å²) >= 11 is 0. The van der Waals surface area contributed by atoms with Crippen LogP contribution in [0.3, 0.4) is 0 Å². The zero-order valence-electron chi connectivity index (χ0n) is 12.2. The predicted molar refractivity (Wildman–Crippen MR) is 78.1 cm³/mol. The number of hydrogen-bond donors (Lipinski definition) is 3. The minimum Gasteiger partial charge on any atom is -0.379 e. The van der Waals surface area contributed by atoms with Gasteiger partial charge in [0.2, 0.25) is 5.91 Å². The van der Waals surface area contributed by atoms with Gasteiger partial charge in [-0.05, 0) is 18.8 Å². The van der Waals surface area contributed by atoms with Gasteiger partial charge in [0.05, 0.1) is 19.8 Å². The van der Waals surface area contributed by atoms with E-state index in [-0.39, 0.29) is 31.0 Å². The molecule has 1 heterocycles. The van der Waals surface area contributed by atoms with Crippen LogP contribution in [0.25, 0.3) is 0 Å². The summed E-state index contributed by atoms with van der Waals surface area (Å²) < 4.78 is 41.5. The van der Waals surface area contributed by atoms with E-state index in [2.05, 4.69) is 10.6 Å². The zero-order valence-corrected chi connectivity index (χ0v) is 13.1. The molecule has 1 amide bonds. The molecule has 0 aromatic carbocycles. The lowest BCUT2D eigenvalue weighted by atomic mass is 9.94. The van der Waals surface area contributed by atoms with Crippen molar-refractivity contribution in [3.8, 4) is 0 Å². The highest BCUT2D eigenvalue weighted by Crippen LogP contribution is 2.29. The Bertz CT molecular complexity index is 352. The molecule has 9 heteroatoms. The normalized spacial score (nSPS) is 29.0. The molecular weight excluding hydrogens is 323 g/mol. The molecule has 3 unspecified atom stereocenters. The van der Waals surface area contributed by atoms with E-state index >= 15 is 0 Å². The number of alkyl halides is 3. The molecule has 0 bridgehead atoms. The summed E-state index contributed by atoms with van der Waals surface area (Å²) in [7, 11) is 0. The summed E-state index contributed by atoms with van der Waals surface area (Å²) in [6.45, 7) is 0.828. The van der Waals surface area contributed by atoms with Crippen LogP contribution in [0.4, 0.5) is 13.2 Å². The summed E-state index contributed by atoms with van der Waals surface area (Å²) in [5.41, 5.74) is 0. The van der Waals surface area contributed by atoms with Gasteiger partial charge < -0.3 is 20.7 Å². The first-order valence-electron chi connectivity index (χ1n) is 7.33. The molecular formula is C13H23ClF3N3O2. The van der Waals surface area contributed by atoms with Gasteiger partial charge in [-0.1, -0.05) is 6.42 Å². The Kier molecular flexibility index (Phi) is 7.88. The number of nitrogens with one attached hydrogen (secondary N) is 3. The Balaban J connectivity index is 0.00000242. The topological polar surface area (TPSA) is 62.4 Å². The van der Waals surface area contributed by atoms with Gasteiger partial charge in [-0.25, -0.2) is 0 Å². The molecule has 130 valence electrons. The number of amides is 1. The Morgan fingerprint density at radius 3 is 2.73 bits per heavy atom. The monoisotopic (exact) mass is 345 g/mol. The van der Waals surface area contributed by atoms with Crippen LogP contribution in [0, 0.1) is 5.92 Å². The van der Waals surface area contributed by atoms with Gasteiger partial charge in [-0.2, -0.15) is 13.2 Å². The fourth-order valence-corrected chi connectivity index (χ4v) is 3.07. The van der Waals surface area contributed by atoms with Crippen LogP contribution < -0.4 is 16.0 Å². The van der Waals surface area contributed by atoms with Gasteiger partial charge in [0, 0.05) is 18.6 Å². The van der Waals surface area contributed by atoms with Gasteiger partial charge >= 0.3 is 6.18 Å². The van der Waals surface area contributed by atoms with Gasteiger partial charge in [0.1, 0.15) is 6.54 Å². The minimum atomic E-state index is -4.37. The van der Waals surface area contributed by atoms with Gasteiger partial charge in [0.15, 0.2) is 0 Å². The van der Waals surface area contributed by atoms with E-state index in [9.17, 15) is 18.0 Å². The molecule has 1 saturated carbocycles. The van der Waals surface area contributed by atoms with Crippen molar-refractivity contribution >= 4 is 18.3 Å². The van der Waals surface area contributed by atoms with Crippen molar-refractivity contribution in [3.63, 3.8) is 0 Å². The lowest BCUT2D eigenvalue weighted by Crippen LogP contribution is -2.52. The van der Waals surface area contributed by atoms with E-state index in [1.54, 1.807) is 0 Å². The van der Waals surface area contributed by atoms with Gasteiger partial charge in [-0.15, -0.1) is 12.4 Å². The second-order valence-electron chi connectivity index (χ2n) is 5.61. The highest BCUT2D eigenvalue weighted by Gasteiger charge is 2.34. The Morgan fingerprint density at radius 1 is 1.32 bits per heavy atom. The van der Waals surface area contributed by atoms with E-state index in [4.69, 9.17) is 4.74 Å². The molecule has 1 aliphatic heterocycles. The highest BCUT2D eigenvalue weighted by atomic mass is 35.5. The Hall–Kier alpha value is -0.570. The largest absolute Gasteiger partial charge is 0.405 e. The minimum absolute atomic E-state index is 0. The van der Waals surface area contributed by atoms with Crippen molar-refractivity contribution in [2.75, 3.05) is 32.8 Å². The van der Waals surface area contributed by atoms with Crippen LogP contribution >= 0.6 is 12.4 Å². The molecule has 2 aliphatic rings. The number of carbonyl (C=O) groups excluding carboxylic acids is 1. The first-order chi connectivity index (χ1) is 9.96. The lowest BCUT2D eigenvalue weighted by Gasteiger charge is -2.32. The van der Waals surface area contributed by atoms with E-state index in [1.165, 1.54) is 0 Å². The predicted octanol–water partition coefficient (Wildman–Crippen LogP) is 0.833. The molecule has 0 radical (unpaired) electrons. The third-order valence-electron chi connectivity index (χ3n) is 4.05. The first-order valence-corrected chi connectivity index (χ1v) is 7.33. The van der Waals surface area contributed by atoms with E-state index in [1.807, 2.05) is 5.32 Å². The van der Waals surface area contributed by atoms with Crippen LogP contribution in [0.2, 0.25) is 0 Å². The zero-order chi connectivity index (χ0) is 15.3. The van der Waals surface area contributed by atoms with Crippen LogP contribution in [0.5, 0.6) is 0 Å². The Morgan fingerprint density at radius 2 is 2.09 bits per heavy atom. The van der Waals surface area contributed by atoms with Gasteiger partial charge in [-0.3, -0.25) is 4.79 Å². The maximum absolute atomic E-state index is 12.0.